The fourth-order valence-corrected chi connectivity index (χ4v) is 3.16. The highest BCUT2D eigenvalue weighted by Crippen LogP contribution is 2.15. The number of rotatable bonds is 11. The van der Waals surface area contributed by atoms with Gasteiger partial charge in [-0.05, 0) is 32.6 Å². The topological polar surface area (TPSA) is 108 Å². The van der Waals surface area contributed by atoms with Gasteiger partial charge in [-0.1, -0.05) is 33.6 Å². The molecule has 0 bridgehead atoms. The lowest BCUT2D eigenvalue weighted by molar-refractivity contribution is 0.273. The van der Waals surface area contributed by atoms with Crippen LogP contribution < -0.4 is 11.2 Å². The molecule has 1 unspecified atom stereocenters. The lowest BCUT2D eigenvalue weighted by atomic mass is 10.2. The molecule has 2 aromatic rings. The Morgan fingerprint density at radius 3 is 2.24 bits per heavy atom. The lowest BCUT2D eigenvalue weighted by Gasteiger charge is -2.11. The molecule has 0 aliphatic rings. The van der Waals surface area contributed by atoms with Crippen LogP contribution >= 0.6 is 8.25 Å². The zero-order valence-electron chi connectivity index (χ0n) is 18.0. The predicted octanol–water partition coefficient (Wildman–Crippen LogP) is 3.16. The third-order valence-electron chi connectivity index (χ3n) is 4.52. The van der Waals surface area contributed by atoms with Gasteiger partial charge in [-0.3, -0.25) is 18.5 Å². The highest BCUT2D eigenvalue weighted by molar-refractivity contribution is 7.32. The summed E-state index contributed by atoms with van der Waals surface area (Å²) in [6.07, 6.45) is 7.02. The first-order valence-electron chi connectivity index (χ1n) is 10.5. The molecule has 0 radical (unpaired) electrons. The quantitative estimate of drug-likeness (QED) is 0.433. The Hall–Kier alpha value is -1.70. The number of hydrogen-bond donors (Lipinski definition) is 1. The molecule has 10 heteroatoms. The molecule has 0 aromatic carbocycles. The molecule has 0 fully saturated rings. The summed E-state index contributed by atoms with van der Waals surface area (Å²) < 4.78 is 19.7. The van der Waals surface area contributed by atoms with E-state index in [2.05, 4.69) is 23.4 Å². The third-order valence-corrected chi connectivity index (χ3v) is 4.97. The number of unbranched alkanes of at least 4 members (excludes halogenated alkanes) is 3. The second-order valence-electron chi connectivity index (χ2n) is 6.77. The van der Waals surface area contributed by atoms with Crippen LogP contribution in [0.2, 0.25) is 0 Å². The molecule has 2 rings (SSSR count). The number of imidazole rings is 1. The van der Waals surface area contributed by atoms with Gasteiger partial charge in [0.2, 0.25) is 0 Å². The Kier molecular flexibility index (Phi) is 11.8. The van der Waals surface area contributed by atoms with Crippen LogP contribution in [0.3, 0.4) is 0 Å². The largest absolute Gasteiger partial charge is 0.332 e. The number of fused-ring (bicyclic) bond motifs is 1. The van der Waals surface area contributed by atoms with Crippen molar-refractivity contribution in [1.82, 2.24) is 18.7 Å². The molecule has 0 aliphatic heterocycles. The zero-order valence-corrected chi connectivity index (χ0v) is 19.0. The van der Waals surface area contributed by atoms with Gasteiger partial charge in [-0.25, -0.2) is 9.78 Å². The van der Waals surface area contributed by atoms with Crippen LogP contribution in [0.5, 0.6) is 0 Å². The van der Waals surface area contributed by atoms with Gasteiger partial charge >= 0.3 is 13.9 Å². The number of aromatic nitrogens is 4. The van der Waals surface area contributed by atoms with Crippen LogP contribution in [0.4, 0.5) is 0 Å². The Morgan fingerprint density at radius 1 is 1.00 bits per heavy atom. The summed E-state index contributed by atoms with van der Waals surface area (Å²) in [5.41, 5.74) is 0.236. The first-order valence-corrected chi connectivity index (χ1v) is 11.7. The van der Waals surface area contributed by atoms with Gasteiger partial charge in [0, 0.05) is 19.6 Å². The summed E-state index contributed by atoms with van der Waals surface area (Å²) >= 11 is 0. The maximum atomic E-state index is 12.8. The summed E-state index contributed by atoms with van der Waals surface area (Å²) in [5.74, 6) is 0. The van der Waals surface area contributed by atoms with Crippen LogP contribution in [0, 0.1) is 0 Å². The van der Waals surface area contributed by atoms with Crippen molar-refractivity contribution < 1.29 is 14.0 Å². The minimum Gasteiger partial charge on any atom is -0.326 e. The van der Waals surface area contributed by atoms with E-state index in [4.69, 9.17) is 4.89 Å². The molecule has 0 amide bonds. The third kappa shape index (κ3) is 7.24. The monoisotopic (exact) mass is 430 g/mol. The molecule has 9 nitrogen and oxygen atoms in total. The first kappa shape index (κ1) is 25.3. The Morgan fingerprint density at radius 2 is 1.69 bits per heavy atom. The van der Waals surface area contributed by atoms with E-state index in [-0.39, 0.29) is 17.9 Å². The second-order valence-corrected chi connectivity index (χ2v) is 7.59. The zero-order chi connectivity index (χ0) is 21.8. The van der Waals surface area contributed by atoms with Crippen molar-refractivity contribution in [2.45, 2.75) is 85.9 Å². The molecule has 29 heavy (non-hydrogen) atoms. The smallest absolute Gasteiger partial charge is 0.326 e. The van der Waals surface area contributed by atoms with Crippen LogP contribution in [-0.2, 0) is 28.7 Å². The fraction of sp³-hybridized carbons (Fsp3) is 0.737. The van der Waals surface area contributed by atoms with Gasteiger partial charge in [0.05, 0.1) is 12.9 Å². The minimum absolute atomic E-state index is 0.199. The van der Waals surface area contributed by atoms with E-state index in [1.165, 1.54) is 22.0 Å². The van der Waals surface area contributed by atoms with E-state index in [0.717, 1.165) is 6.42 Å². The molecule has 2 aromatic heterocycles. The molecule has 2 heterocycles. The Balaban J connectivity index is 0.000000960. The second kappa shape index (κ2) is 13.5. The van der Waals surface area contributed by atoms with E-state index >= 15 is 0 Å². The van der Waals surface area contributed by atoms with Crippen LogP contribution in [-0.4, -0.2) is 30.2 Å². The SMILES string of the molecule is CCCC.CCCn1cnc2c1c(=O)n(CCCCCO[PH](=O)O)c(=O)n2CC. The fourth-order valence-electron chi connectivity index (χ4n) is 2.84. The van der Waals surface area contributed by atoms with E-state index in [1.54, 1.807) is 10.9 Å². The predicted molar refractivity (Wildman–Crippen MR) is 116 cm³/mol. The van der Waals surface area contributed by atoms with E-state index in [1.807, 2.05) is 13.8 Å². The average Bonchev–Trinajstić information content (AvgIpc) is 3.11. The molecule has 0 saturated heterocycles. The van der Waals surface area contributed by atoms with Crippen molar-refractivity contribution in [2.24, 2.45) is 0 Å². The van der Waals surface area contributed by atoms with Gasteiger partial charge in [0.25, 0.3) is 5.56 Å². The van der Waals surface area contributed by atoms with Crippen molar-refractivity contribution in [1.29, 1.82) is 0 Å². The highest BCUT2D eigenvalue weighted by atomic mass is 31.1. The Bertz CT molecular complexity index is 885. The normalized spacial score (nSPS) is 12.0. The van der Waals surface area contributed by atoms with E-state index < -0.39 is 8.25 Å². The minimum atomic E-state index is -2.89. The molecule has 166 valence electrons. The van der Waals surface area contributed by atoms with Crippen LogP contribution in [0.15, 0.2) is 15.9 Å². The maximum absolute atomic E-state index is 12.8. The summed E-state index contributed by atoms with van der Waals surface area (Å²) in [7, 11) is -2.89. The summed E-state index contributed by atoms with van der Waals surface area (Å²) in [4.78, 5) is 38.2. The van der Waals surface area contributed by atoms with Crippen LogP contribution in [0.25, 0.3) is 11.2 Å². The van der Waals surface area contributed by atoms with Crippen molar-refractivity contribution in [3.05, 3.63) is 27.2 Å². The molecular formula is C19H35N4O5P. The highest BCUT2D eigenvalue weighted by Gasteiger charge is 2.16. The number of nitrogens with zero attached hydrogens (tertiary/aromatic N) is 4. The van der Waals surface area contributed by atoms with Gasteiger partial charge in [-0.2, -0.15) is 0 Å². The standard InChI is InChI=1S/C15H25N4O5P.C4H10/c1-3-8-17-11-16-13-12(17)14(20)19(15(21)18(13)4-2)9-6-5-7-10-24-25(22)23;1-3-4-2/h11,25H,3-10H2,1-2H3,(H,22,23);3-4H2,1-2H3. The molecule has 1 atom stereocenters. The first-order chi connectivity index (χ1) is 13.9. The number of hydrogen-bond acceptors (Lipinski definition) is 5. The van der Waals surface area contributed by atoms with Crippen molar-refractivity contribution in [3.63, 3.8) is 0 Å². The molecule has 1 N–H and O–H groups in total. The van der Waals surface area contributed by atoms with E-state index in [9.17, 15) is 14.2 Å². The summed E-state index contributed by atoms with van der Waals surface area (Å²) in [5, 5.41) is 0. The van der Waals surface area contributed by atoms with Gasteiger partial charge in [0.15, 0.2) is 11.2 Å². The summed E-state index contributed by atoms with van der Waals surface area (Å²) in [6.45, 7) is 9.85. The van der Waals surface area contributed by atoms with Crippen molar-refractivity contribution in [3.8, 4) is 0 Å². The molecule has 0 aliphatic carbocycles. The van der Waals surface area contributed by atoms with Gasteiger partial charge in [-0.15, -0.1) is 0 Å². The Labute approximate surface area is 172 Å². The van der Waals surface area contributed by atoms with Crippen molar-refractivity contribution >= 4 is 19.4 Å². The lowest BCUT2D eigenvalue weighted by Crippen LogP contribution is -2.40. The maximum Gasteiger partial charge on any atom is 0.332 e. The van der Waals surface area contributed by atoms with E-state index in [0.29, 0.717) is 50.1 Å². The van der Waals surface area contributed by atoms with Crippen molar-refractivity contribution in [2.75, 3.05) is 6.61 Å². The average molecular weight is 430 g/mol. The number of aryl methyl sites for hydroxylation is 2. The summed E-state index contributed by atoms with van der Waals surface area (Å²) in [6, 6.07) is 0. The van der Waals surface area contributed by atoms with Crippen LogP contribution in [0.1, 0.15) is 66.2 Å². The van der Waals surface area contributed by atoms with Gasteiger partial charge in [0.1, 0.15) is 0 Å². The van der Waals surface area contributed by atoms with Gasteiger partial charge < -0.3 is 14.0 Å². The molecular weight excluding hydrogens is 395 g/mol. The molecule has 0 saturated carbocycles. The molecule has 0 spiro atoms.